The van der Waals surface area contributed by atoms with Gasteiger partial charge in [-0.1, -0.05) is 64.5 Å². The summed E-state index contributed by atoms with van der Waals surface area (Å²) in [6.07, 6.45) is -5.65. The van der Waals surface area contributed by atoms with Crippen LogP contribution in [0.2, 0.25) is 0 Å². The van der Waals surface area contributed by atoms with Gasteiger partial charge in [-0.3, -0.25) is 9.13 Å². The van der Waals surface area contributed by atoms with Gasteiger partial charge >= 0.3 is 5.69 Å². The van der Waals surface area contributed by atoms with E-state index in [4.69, 9.17) is 18.9 Å². The third-order valence-corrected chi connectivity index (χ3v) is 8.59. The number of aliphatic hydroxyl groups excluding tert-OH is 6. The third kappa shape index (κ3) is 8.08. The molecule has 3 heterocycles. The summed E-state index contributed by atoms with van der Waals surface area (Å²) in [5.41, 5.74) is 0.495. The molecule has 2 fully saturated rings. The Bertz CT molecular complexity index is 1120. The highest BCUT2D eigenvalue weighted by Gasteiger charge is 2.46. The number of fused-ring (bicyclic) bond motifs is 1. The van der Waals surface area contributed by atoms with E-state index in [1.165, 1.54) is 9.13 Å². The Morgan fingerprint density at radius 2 is 1.05 bits per heavy atom. The van der Waals surface area contributed by atoms with Gasteiger partial charge in [-0.25, -0.2) is 4.79 Å². The quantitative estimate of drug-likeness (QED) is 0.144. The molecule has 2 saturated heterocycles. The molecule has 0 saturated carbocycles. The zero-order valence-electron chi connectivity index (χ0n) is 25.7. The minimum absolute atomic E-state index is 0.161. The maximum atomic E-state index is 13.8. The number of imidazole rings is 1. The highest BCUT2D eigenvalue weighted by atomic mass is 16.7. The number of aliphatic hydroxyl groups is 6. The Morgan fingerprint density at radius 3 is 1.43 bits per heavy atom. The molecule has 2 aliphatic heterocycles. The second-order valence-electron chi connectivity index (χ2n) is 11.9. The van der Waals surface area contributed by atoms with Crippen LogP contribution in [0.15, 0.2) is 29.1 Å². The van der Waals surface area contributed by atoms with Gasteiger partial charge < -0.3 is 49.6 Å². The van der Waals surface area contributed by atoms with Crippen LogP contribution in [0.3, 0.4) is 0 Å². The van der Waals surface area contributed by atoms with Crippen molar-refractivity contribution < 1.29 is 49.6 Å². The number of unbranched alkanes of at least 4 members (excludes halogenated alkanes) is 6. The van der Waals surface area contributed by atoms with Crippen LogP contribution in [-0.2, 0) is 32.0 Å². The molecule has 4 rings (SSSR count). The molecule has 1 aromatic heterocycles. The summed E-state index contributed by atoms with van der Waals surface area (Å²) < 4.78 is 25.4. The molecule has 0 unspecified atom stereocenters. The fraction of sp³-hybridized carbons (Fsp3) is 0.774. The van der Waals surface area contributed by atoms with Gasteiger partial charge in [0.15, 0.2) is 12.6 Å². The molecule has 13 nitrogen and oxygen atoms in total. The van der Waals surface area contributed by atoms with Gasteiger partial charge in [-0.05, 0) is 25.0 Å². The molecule has 2 aliphatic rings. The molecule has 0 amide bonds. The van der Waals surface area contributed by atoms with Gasteiger partial charge in [0.25, 0.3) is 0 Å². The lowest BCUT2D eigenvalue weighted by Gasteiger charge is -2.40. The smallest absolute Gasteiger partial charge is 0.329 e. The Kier molecular flexibility index (Phi) is 13.2. The lowest BCUT2D eigenvalue weighted by Crippen LogP contribution is -2.60. The van der Waals surface area contributed by atoms with E-state index in [1.54, 1.807) is 24.3 Å². The van der Waals surface area contributed by atoms with E-state index in [0.717, 1.165) is 51.4 Å². The van der Waals surface area contributed by atoms with Gasteiger partial charge in [0.05, 0.1) is 24.1 Å². The summed E-state index contributed by atoms with van der Waals surface area (Å²) in [5, 5.41) is 63.9. The van der Waals surface area contributed by atoms with Crippen LogP contribution in [0.25, 0.3) is 11.0 Å². The van der Waals surface area contributed by atoms with E-state index in [-0.39, 0.29) is 13.1 Å². The van der Waals surface area contributed by atoms with E-state index < -0.39 is 67.1 Å². The third-order valence-electron chi connectivity index (χ3n) is 8.59. The average Bonchev–Trinajstić information content (AvgIpc) is 3.27. The zero-order chi connectivity index (χ0) is 31.8. The minimum Gasteiger partial charge on any atom is -0.388 e. The van der Waals surface area contributed by atoms with Crippen molar-refractivity contribution in [2.24, 2.45) is 0 Å². The predicted molar refractivity (Wildman–Crippen MR) is 160 cm³/mol. The van der Waals surface area contributed by atoms with Gasteiger partial charge in [0.1, 0.15) is 48.8 Å². The van der Waals surface area contributed by atoms with E-state index in [1.807, 2.05) is 0 Å². The van der Waals surface area contributed by atoms with Crippen LogP contribution >= 0.6 is 0 Å². The molecule has 6 N–H and O–H groups in total. The average molecular weight is 627 g/mol. The number of para-hydroxylation sites is 2. The van der Waals surface area contributed by atoms with Crippen LogP contribution in [0.5, 0.6) is 0 Å². The standard InChI is InChI=1S/C31H50N2O11/c1-3-5-7-11-15-41-27-23(34)21(43-29(38)25(27)36)17-32-19-13-9-10-14-20(19)33(31(32)40)18-22-24(35)28(26(37)30(39)44-22)42-16-12-8-6-4-2/h9-10,13-14,21-30,34-39H,3-8,11-12,15-18H2,1-2H3/t21-,22+,23-,24-,25+,26-,27+,28-,29-,30+/m0/s1. The Balaban J connectivity index is 1.51. The van der Waals surface area contributed by atoms with Crippen molar-refractivity contribution in [2.75, 3.05) is 13.2 Å². The molecule has 44 heavy (non-hydrogen) atoms. The van der Waals surface area contributed by atoms with Crippen molar-refractivity contribution in [3.05, 3.63) is 34.7 Å². The van der Waals surface area contributed by atoms with Crippen molar-refractivity contribution in [1.82, 2.24) is 9.13 Å². The van der Waals surface area contributed by atoms with Crippen molar-refractivity contribution >= 4 is 11.0 Å². The lowest BCUT2D eigenvalue weighted by molar-refractivity contribution is -0.292. The highest BCUT2D eigenvalue weighted by Crippen LogP contribution is 2.27. The minimum atomic E-state index is -1.62. The predicted octanol–water partition coefficient (Wildman–Crippen LogP) is 0.612. The first-order valence-corrected chi connectivity index (χ1v) is 16.0. The topological polar surface area (TPSA) is 185 Å². The van der Waals surface area contributed by atoms with Crippen LogP contribution in [-0.4, -0.2) is 114 Å². The van der Waals surface area contributed by atoms with E-state index in [2.05, 4.69) is 13.8 Å². The van der Waals surface area contributed by atoms with E-state index in [0.29, 0.717) is 24.2 Å². The number of benzene rings is 1. The SMILES string of the molecule is CCCCCCO[C@@H]1[C@@H](O)[C@H](Cn2c(=O)n(C[C@H]3O[C@@H](O)[C@@H](O)[C@@H](OCCCCCC)[C@H]3O)c3ccccc32)O[C@H](O)[C@@H]1O. The van der Waals surface area contributed by atoms with E-state index >= 15 is 0 Å². The van der Waals surface area contributed by atoms with Crippen LogP contribution in [0.1, 0.15) is 65.2 Å². The fourth-order valence-corrected chi connectivity index (χ4v) is 6.01. The highest BCUT2D eigenvalue weighted by molar-refractivity contribution is 5.76. The molecular weight excluding hydrogens is 576 g/mol. The number of rotatable bonds is 16. The maximum absolute atomic E-state index is 13.8. The number of hydrogen-bond acceptors (Lipinski definition) is 11. The largest absolute Gasteiger partial charge is 0.388 e. The molecule has 0 radical (unpaired) electrons. The Hall–Kier alpha value is -1.91. The maximum Gasteiger partial charge on any atom is 0.329 e. The summed E-state index contributed by atoms with van der Waals surface area (Å²) >= 11 is 0. The van der Waals surface area contributed by atoms with Gasteiger partial charge in [0, 0.05) is 13.2 Å². The summed E-state index contributed by atoms with van der Waals surface area (Å²) in [6, 6.07) is 6.93. The van der Waals surface area contributed by atoms with Gasteiger partial charge in [-0.2, -0.15) is 0 Å². The van der Waals surface area contributed by atoms with Crippen molar-refractivity contribution in [1.29, 1.82) is 0 Å². The molecule has 13 heteroatoms. The Morgan fingerprint density at radius 1 is 0.636 bits per heavy atom. The van der Waals surface area contributed by atoms with Crippen LogP contribution < -0.4 is 5.69 Å². The van der Waals surface area contributed by atoms with E-state index in [9.17, 15) is 35.4 Å². The summed E-state index contributed by atoms with van der Waals surface area (Å²) in [5.74, 6) is 0. The van der Waals surface area contributed by atoms with Crippen molar-refractivity contribution in [3.63, 3.8) is 0 Å². The second-order valence-corrected chi connectivity index (χ2v) is 11.9. The molecule has 10 atom stereocenters. The number of hydrogen-bond donors (Lipinski definition) is 6. The molecule has 250 valence electrons. The number of nitrogens with zero attached hydrogens (tertiary/aromatic N) is 2. The summed E-state index contributed by atoms with van der Waals surface area (Å²) in [4.78, 5) is 13.8. The molecular formula is C31H50N2O11. The number of aromatic nitrogens is 2. The van der Waals surface area contributed by atoms with Crippen molar-refractivity contribution in [2.45, 2.75) is 140 Å². The van der Waals surface area contributed by atoms with Crippen LogP contribution in [0, 0.1) is 0 Å². The number of ether oxygens (including phenoxy) is 4. The molecule has 0 aliphatic carbocycles. The van der Waals surface area contributed by atoms with Gasteiger partial charge in [0.2, 0.25) is 0 Å². The first kappa shape index (κ1) is 35.0. The van der Waals surface area contributed by atoms with Crippen molar-refractivity contribution in [3.8, 4) is 0 Å². The normalized spacial score (nSPS) is 32.8. The van der Waals surface area contributed by atoms with Crippen LogP contribution in [0.4, 0.5) is 0 Å². The molecule has 0 bridgehead atoms. The van der Waals surface area contributed by atoms with Gasteiger partial charge in [-0.15, -0.1) is 0 Å². The summed E-state index contributed by atoms with van der Waals surface area (Å²) in [6.45, 7) is 4.45. The summed E-state index contributed by atoms with van der Waals surface area (Å²) in [7, 11) is 0. The fourth-order valence-electron chi connectivity index (χ4n) is 6.01. The molecule has 1 aromatic carbocycles. The zero-order valence-corrected chi connectivity index (χ0v) is 25.7. The Labute approximate surface area is 257 Å². The first-order valence-electron chi connectivity index (χ1n) is 16.0. The monoisotopic (exact) mass is 626 g/mol. The second kappa shape index (κ2) is 16.6. The molecule has 0 spiro atoms. The first-order chi connectivity index (χ1) is 21.2. The lowest BCUT2D eigenvalue weighted by atomic mass is 9.98. The molecule has 2 aromatic rings.